The van der Waals surface area contributed by atoms with Crippen molar-refractivity contribution in [2.45, 2.75) is 33.3 Å². The Morgan fingerprint density at radius 1 is 1.32 bits per heavy atom. The molecule has 0 radical (unpaired) electrons. The van der Waals surface area contributed by atoms with Gasteiger partial charge in [0.15, 0.2) is 0 Å². The van der Waals surface area contributed by atoms with Gasteiger partial charge in [-0.1, -0.05) is 26.8 Å². The van der Waals surface area contributed by atoms with E-state index in [0.29, 0.717) is 0 Å². The minimum Gasteiger partial charge on any atom is -0.386 e. The van der Waals surface area contributed by atoms with E-state index in [1.54, 1.807) is 0 Å². The lowest BCUT2D eigenvalue weighted by Crippen LogP contribution is -2.31. The summed E-state index contributed by atoms with van der Waals surface area (Å²) >= 11 is 0. The number of nitrogens with one attached hydrogen (secondary N) is 1. The number of benzene rings is 1. The molecule has 0 aliphatic carbocycles. The van der Waals surface area contributed by atoms with Crippen LogP contribution in [-0.4, -0.2) is 17.6 Å². The van der Waals surface area contributed by atoms with Crippen molar-refractivity contribution in [2.24, 2.45) is 5.41 Å². The van der Waals surface area contributed by atoms with E-state index in [1.807, 2.05) is 20.8 Å². The van der Waals surface area contributed by atoms with Crippen LogP contribution in [0.1, 0.15) is 38.9 Å². The number of carbonyl (C=O) groups excluding carboxylic acids is 1. The molecule has 0 fully saturated rings. The topological polar surface area (TPSA) is 49.3 Å². The first-order chi connectivity index (χ1) is 8.70. The molecular formula is C14H19F2NO2. The summed E-state index contributed by atoms with van der Waals surface area (Å²) in [5.41, 5.74) is -0.600. The molecule has 2 N–H and O–H groups in total. The van der Waals surface area contributed by atoms with Crippen molar-refractivity contribution in [2.75, 3.05) is 6.54 Å². The van der Waals surface area contributed by atoms with Gasteiger partial charge in [0.1, 0.15) is 17.7 Å². The number of hydrogen-bond acceptors (Lipinski definition) is 2. The van der Waals surface area contributed by atoms with Crippen molar-refractivity contribution in [3.63, 3.8) is 0 Å². The van der Waals surface area contributed by atoms with E-state index < -0.39 is 23.3 Å². The lowest BCUT2D eigenvalue weighted by molar-refractivity contribution is -0.123. The maximum Gasteiger partial charge on any atom is 0.220 e. The molecule has 1 aromatic rings. The molecule has 0 saturated carbocycles. The molecule has 5 heteroatoms. The van der Waals surface area contributed by atoms with Crippen molar-refractivity contribution < 1.29 is 18.7 Å². The summed E-state index contributed by atoms with van der Waals surface area (Å²) in [5.74, 6) is -1.90. The molecule has 1 amide bonds. The minimum absolute atomic E-state index is 0.182. The summed E-state index contributed by atoms with van der Waals surface area (Å²) in [6, 6.07) is 3.36. The largest absolute Gasteiger partial charge is 0.386 e. The second-order valence-electron chi connectivity index (χ2n) is 5.69. The number of carbonyl (C=O) groups is 1. The number of halogens is 2. The molecule has 0 spiro atoms. The summed E-state index contributed by atoms with van der Waals surface area (Å²) in [6.07, 6.45) is -1.12. The summed E-state index contributed by atoms with van der Waals surface area (Å²) < 4.78 is 26.8. The van der Waals surface area contributed by atoms with Gasteiger partial charge in [0, 0.05) is 13.0 Å². The average Bonchev–Trinajstić information content (AvgIpc) is 2.23. The van der Waals surface area contributed by atoms with Crippen molar-refractivity contribution in [3.05, 3.63) is 35.4 Å². The Balaban J connectivity index is 2.61. The Kier molecular flexibility index (Phi) is 5.00. The average molecular weight is 271 g/mol. The maximum atomic E-state index is 13.4. The van der Waals surface area contributed by atoms with Crippen LogP contribution in [0.15, 0.2) is 18.2 Å². The second kappa shape index (κ2) is 6.10. The molecule has 106 valence electrons. The first-order valence-corrected chi connectivity index (χ1v) is 6.09. The lowest BCUT2D eigenvalue weighted by Gasteiger charge is -2.19. The van der Waals surface area contributed by atoms with Crippen LogP contribution in [-0.2, 0) is 4.79 Å². The summed E-state index contributed by atoms with van der Waals surface area (Å²) in [4.78, 5) is 11.6. The molecule has 1 rings (SSSR count). The van der Waals surface area contributed by atoms with Gasteiger partial charge >= 0.3 is 0 Å². The van der Waals surface area contributed by atoms with Gasteiger partial charge in [-0.05, 0) is 17.5 Å². The summed E-state index contributed by atoms with van der Waals surface area (Å²) in [6.45, 7) is 5.49. The smallest absolute Gasteiger partial charge is 0.220 e. The molecular weight excluding hydrogens is 252 g/mol. The second-order valence-corrected chi connectivity index (χ2v) is 5.69. The number of aliphatic hydroxyl groups excluding tert-OH is 1. The van der Waals surface area contributed by atoms with Crippen LogP contribution < -0.4 is 5.32 Å². The Labute approximate surface area is 111 Å². The Morgan fingerprint density at radius 3 is 2.32 bits per heavy atom. The van der Waals surface area contributed by atoms with Crippen LogP contribution in [0, 0.1) is 17.0 Å². The lowest BCUT2D eigenvalue weighted by atomic mass is 9.92. The fraction of sp³-hybridized carbons (Fsp3) is 0.500. The van der Waals surface area contributed by atoms with Gasteiger partial charge in [0.25, 0.3) is 0 Å². The SMILES string of the molecule is CC(C)(C)CC(=O)NC[C@@H](O)c1c(F)cccc1F. The van der Waals surface area contributed by atoms with E-state index in [4.69, 9.17) is 0 Å². The summed E-state index contributed by atoms with van der Waals surface area (Å²) in [5, 5.41) is 12.2. The zero-order chi connectivity index (χ0) is 14.6. The molecule has 1 atom stereocenters. The number of hydrogen-bond donors (Lipinski definition) is 2. The van der Waals surface area contributed by atoms with Crippen molar-refractivity contribution in [3.8, 4) is 0 Å². The quantitative estimate of drug-likeness (QED) is 0.884. The van der Waals surface area contributed by atoms with Crippen LogP contribution in [0.3, 0.4) is 0 Å². The van der Waals surface area contributed by atoms with E-state index in [2.05, 4.69) is 5.32 Å². The van der Waals surface area contributed by atoms with Crippen LogP contribution in [0.2, 0.25) is 0 Å². The third-order valence-electron chi connectivity index (χ3n) is 2.52. The van der Waals surface area contributed by atoms with E-state index in [0.717, 1.165) is 12.1 Å². The van der Waals surface area contributed by atoms with Crippen LogP contribution >= 0.6 is 0 Å². The van der Waals surface area contributed by atoms with Gasteiger partial charge in [0.05, 0.1) is 5.56 Å². The van der Waals surface area contributed by atoms with Crippen molar-refractivity contribution >= 4 is 5.91 Å². The zero-order valence-corrected chi connectivity index (χ0v) is 11.3. The van der Waals surface area contributed by atoms with Gasteiger partial charge in [0.2, 0.25) is 5.91 Å². The molecule has 19 heavy (non-hydrogen) atoms. The molecule has 0 aromatic heterocycles. The molecule has 0 heterocycles. The van der Waals surface area contributed by atoms with E-state index in [9.17, 15) is 18.7 Å². The molecule has 3 nitrogen and oxygen atoms in total. The van der Waals surface area contributed by atoms with Gasteiger partial charge in [-0.15, -0.1) is 0 Å². The van der Waals surface area contributed by atoms with Crippen LogP contribution in [0.4, 0.5) is 8.78 Å². The zero-order valence-electron chi connectivity index (χ0n) is 11.3. The molecule has 0 aliphatic heterocycles. The predicted molar refractivity (Wildman–Crippen MR) is 68.4 cm³/mol. The summed E-state index contributed by atoms with van der Waals surface area (Å²) in [7, 11) is 0. The third-order valence-corrected chi connectivity index (χ3v) is 2.52. The minimum atomic E-state index is -1.40. The van der Waals surface area contributed by atoms with Gasteiger partial charge < -0.3 is 10.4 Å². The maximum absolute atomic E-state index is 13.4. The molecule has 1 aromatic carbocycles. The Bertz CT molecular complexity index is 435. The highest BCUT2D eigenvalue weighted by molar-refractivity contribution is 5.76. The number of amides is 1. The highest BCUT2D eigenvalue weighted by Crippen LogP contribution is 2.21. The number of rotatable bonds is 4. The van der Waals surface area contributed by atoms with Crippen LogP contribution in [0.5, 0.6) is 0 Å². The van der Waals surface area contributed by atoms with Crippen molar-refractivity contribution in [1.29, 1.82) is 0 Å². The highest BCUT2D eigenvalue weighted by Gasteiger charge is 2.20. The molecule has 0 bridgehead atoms. The van der Waals surface area contributed by atoms with E-state index in [1.165, 1.54) is 6.07 Å². The van der Waals surface area contributed by atoms with E-state index in [-0.39, 0.29) is 24.3 Å². The first kappa shape index (κ1) is 15.6. The highest BCUT2D eigenvalue weighted by atomic mass is 19.1. The number of aliphatic hydroxyl groups is 1. The van der Waals surface area contributed by atoms with Crippen LogP contribution in [0.25, 0.3) is 0 Å². The predicted octanol–water partition coefficient (Wildman–Crippen LogP) is 2.55. The van der Waals surface area contributed by atoms with Gasteiger partial charge in [-0.25, -0.2) is 8.78 Å². The van der Waals surface area contributed by atoms with Gasteiger partial charge in [-0.2, -0.15) is 0 Å². The Morgan fingerprint density at radius 2 is 1.84 bits per heavy atom. The molecule has 0 aliphatic rings. The standard InChI is InChI=1S/C14H19F2NO2/c1-14(2,3)7-12(19)17-8-11(18)13-9(15)5-4-6-10(13)16/h4-6,11,18H,7-8H2,1-3H3,(H,17,19)/t11-/m1/s1. The molecule has 0 saturated heterocycles. The van der Waals surface area contributed by atoms with Gasteiger partial charge in [-0.3, -0.25) is 4.79 Å². The fourth-order valence-electron chi connectivity index (χ4n) is 1.69. The first-order valence-electron chi connectivity index (χ1n) is 6.09. The normalized spacial score (nSPS) is 13.2. The fourth-order valence-corrected chi connectivity index (χ4v) is 1.69. The van der Waals surface area contributed by atoms with E-state index >= 15 is 0 Å². The monoisotopic (exact) mass is 271 g/mol. The van der Waals surface area contributed by atoms with Crippen molar-refractivity contribution in [1.82, 2.24) is 5.32 Å². The third kappa shape index (κ3) is 4.95. The molecule has 0 unspecified atom stereocenters. The Hall–Kier alpha value is -1.49.